The van der Waals surface area contributed by atoms with E-state index >= 15 is 0 Å². The molecule has 0 bridgehead atoms. The summed E-state index contributed by atoms with van der Waals surface area (Å²) in [5, 5.41) is 2.99. The lowest BCUT2D eigenvalue weighted by atomic mass is 10.1. The number of nitrogens with zero attached hydrogens (tertiary/aromatic N) is 1. The molecule has 0 radical (unpaired) electrons. The minimum Gasteiger partial charge on any atom is -0.321 e. The lowest BCUT2D eigenvalue weighted by molar-refractivity contribution is 0.102. The molecule has 0 unspecified atom stereocenters. The van der Waals surface area contributed by atoms with Gasteiger partial charge in [0.05, 0.1) is 16.3 Å². The zero-order valence-electron chi connectivity index (χ0n) is 19.4. The van der Waals surface area contributed by atoms with Crippen molar-refractivity contribution in [2.24, 2.45) is 0 Å². The summed E-state index contributed by atoms with van der Waals surface area (Å²) in [4.78, 5) is 15.2. The van der Waals surface area contributed by atoms with Crippen LogP contribution in [-0.2, 0) is 16.4 Å². The van der Waals surface area contributed by atoms with Gasteiger partial charge in [0.1, 0.15) is 5.82 Å². The summed E-state index contributed by atoms with van der Waals surface area (Å²) in [5.41, 5.74) is 2.45. The Morgan fingerprint density at radius 3 is 2.39 bits per heavy atom. The van der Waals surface area contributed by atoms with Crippen molar-refractivity contribution >= 4 is 39.1 Å². The molecule has 0 saturated heterocycles. The summed E-state index contributed by atoms with van der Waals surface area (Å²) in [6, 6.07) is 27.0. The van der Waals surface area contributed by atoms with Crippen LogP contribution in [-0.4, -0.2) is 20.4 Å². The molecule has 0 aromatic heterocycles. The maximum atomic E-state index is 13.3. The number of sulfonamides is 1. The SMILES string of the molecule is C[C@H]1Cc2cc(C(=O)Nc3ccccc3Sc3ccccc3)ccc2N1S(=O)(=O)c1ccc(F)cc1. The van der Waals surface area contributed by atoms with Crippen LogP contribution < -0.4 is 9.62 Å². The topological polar surface area (TPSA) is 66.5 Å². The zero-order chi connectivity index (χ0) is 25.3. The molecular weight excluding hydrogens is 495 g/mol. The van der Waals surface area contributed by atoms with E-state index in [4.69, 9.17) is 0 Å². The first-order chi connectivity index (χ1) is 17.3. The van der Waals surface area contributed by atoms with Gasteiger partial charge in [-0.05, 0) is 85.6 Å². The van der Waals surface area contributed by atoms with Crippen molar-refractivity contribution in [2.45, 2.75) is 34.1 Å². The fraction of sp³-hybridized carbons (Fsp3) is 0.107. The van der Waals surface area contributed by atoms with Crippen LogP contribution >= 0.6 is 11.8 Å². The molecule has 1 N–H and O–H groups in total. The molecule has 36 heavy (non-hydrogen) atoms. The summed E-state index contributed by atoms with van der Waals surface area (Å²) < 4.78 is 41.3. The fourth-order valence-electron chi connectivity index (χ4n) is 4.30. The molecule has 4 aromatic rings. The summed E-state index contributed by atoms with van der Waals surface area (Å²) in [6.07, 6.45) is 0.470. The number of halogens is 1. The Morgan fingerprint density at radius 2 is 1.64 bits per heavy atom. The zero-order valence-corrected chi connectivity index (χ0v) is 21.0. The molecule has 1 heterocycles. The molecule has 0 spiro atoms. The van der Waals surface area contributed by atoms with Crippen LogP contribution in [0.2, 0.25) is 0 Å². The van der Waals surface area contributed by atoms with Gasteiger partial charge in [-0.3, -0.25) is 9.10 Å². The fourth-order valence-corrected chi connectivity index (χ4v) is 6.91. The lowest BCUT2D eigenvalue weighted by Gasteiger charge is -2.24. The number of para-hydroxylation sites is 1. The largest absolute Gasteiger partial charge is 0.321 e. The van der Waals surface area contributed by atoms with Crippen molar-refractivity contribution in [3.63, 3.8) is 0 Å². The van der Waals surface area contributed by atoms with Gasteiger partial charge >= 0.3 is 0 Å². The average Bonchev–Trinajstić information content (AvgIpc) is 3.21. The molecule has 0 fully saturated rings. The van der Waals surface area contributed by atoms with Crippen LogP contribution in [0.5, 0.6) is 0 Å². The summed E-state index contributed by atoms with van der Waals surface area (Å²) in [5.74, 6) is -0.769. The molecule has 0 aliphatic carbocycles. The molecule has 5 rings (SSSR count). The number of nitrogens with one attached hydrogen (secondary N) is 1. The Labute approximate surface area is 214 Å². The van der Waals surface area contributed by atoms with Gasteiger partial charge in [-0.1, -0.05) is 42.1 Å². The molecule has 182 valence electrons. The molecule has 5 nitrogen and oxygen atoms in total. The lowest BCUT2D eigenvalue weighted by Crippen LogP contribution is -2.35. The van der Waals surface area contributed by atoms with E-state index < -0.39 is 15.8 Å². The van der Waals surface area contributed by atoms with E-state index in [9.17, 15) is 17.6 Å². The van der Waals surface area contributed by atoms with Gasteiger partial charge in [0.2, 0.25) is 0 Å². The third-order valence-corrected chi connectivity index (χ3v) is 9.00. The van der Waals surface area contributed by atoms with E-state index in [1.165, 1.54) is 16.4 Å². The minimum atomic E-state index is -3.87. The molecule has 1 atom stereocenters. The highest BCUT2D eigenvalue weighted by molar-refractivity contribution is 7.99. The maximum absolute atomic E-state index is 13.3. The number of hydrogen-bond donors (Lipinski definition) is 1. The van der Waals surface area contributed by atoms with Gasteiger partial charge in [0.15, 0.2) is 0 Å². The maximum Gasteiger partial charge on any atom is 0.264 e. The number of amides is 1. The first-order valence-corrected chi connectivity index (χ1v) is 13.6. The van der Waals surface area contributed by atoms with Crippen molar-refractivity contribution < 1.29 is 17.6 Å². The smallest absolute Gasteiger partial charge is 0.264 e. The van der Waals surface area contributed by atoms with Gasteiger partial charge in [-0.15, -0.1) is 0 Å². The minimum absolute atomic E-state index is 0.0259. The third-order valence-electron chi connectivity index (χ3n) is 5.97. The second kappa shape index (κ2) is 9.79. The van der Waals surface area contributed by atoms with Crippen LogP contribution in [0.3, 0.4) is 0 Å². The second-order valence-corrected chi connectivity index (χ2v) is 11.4. The molecule has 1 aliphatic rings. The highest BCUT2D eigenvalue weighted by Crippen LogP contribution is 2.38. The van der Waals surface area contributed by atoms with E-state index in [-0.39, 0.29) is 16.8 Å². The van der Waals surface area contributed by atoms with E-state index in [0.717, 1.165) is 27.5 Å². The number of benzene rings is 4. The summed E-state index contributed by atoms with van der Waals surface area (Å²) in [7, 11) is -3.87. The Morgan fingerprint density at radius 1 is 0.944 bits per heavy atom. The number of carbonyl (C=O) groups excluding carboxylic acids is 1. The first-order valence-electron chi connectivity index (χ1n) is 11.4. The van der Waals surface area contributed by atoms with E-state index in [2.05, 4.69) is 5.32 Å². The van der Waals surface area contributed by atoms with E-state index in [1.54, 1.807) is 30.0 Å². The summed E-state index contributed by atoms with van der Waals surface area (Å²) in [6.45, 7) is 1.82. The number of anilines is 2. The number of fused-ring (bicyclic) bond motifs is 1. The number of carbonyl (C=O) groups is 1. The van der Waals surface area contributed by atoms with Gasteiger partial charge < -0.3 is 5.32 Å². The van der Waals surface area contributed by atoms with Crippen LogP contribution in [0.25, 0.3) is 0 Å². The molecule has 8 heteroatoms. The number of rotatable bonds is 6. The Bertz CT molecular complexity index is 1520. The highest BCUT2D eigenvalue weighted by Gasteiger charge is 2.36. The predicted octanol–water partition coefficient (Wildman–Crippen LogP) is 6.37. The van der Waals surface area contributed by atoms with E-state index in [1.807, 2.05) is 61.5 Å². The van der Waals surface area contributed by atoms with Crippen molar-refractivity contribution in [3.05, 3.63) is 114 Å². The second-order valence-electron chi connectivity index (χ2n) is 8.52. The molecule has 0 saturated carbocycles. The van der Waals surface area contributed by atoms with Crippen LogP contribution in [0.1, 0.15) is 22.8 Å². The van der Waals surface area contributed by atoms with Crippen molar-refractivity contribution in [1.29, 1.82) is 0 Å². The van der Waals surface area contributed by atoms with E-state index in [0.29, 0.717) is 23.4 Å². The average molecular weight is 519 g/mol. The van der Waals surface area contributed by atoms with Crippen molar-refractivity contribution in [1.82, 2.24) is 0 Å². The Hall–Kier alpha value is -3.62. The normalized spacial score (nSPS) is 14.9. The third kappa shape index (κ3) is 4.74. The quantitative estimate of drug-likeness (QED) is 0.322. The van der Waals surface area contributed by atoms with Crippen LogP contribution in [0.4, 0.5) is 15.8 Å². The first kappa shape index (κ1) is 24.1. The van der Waals surface area contributed by atoms with Gasteiger partial charge in [-0.2, -0.15) is 0 Å². The van der Waals surface area contributed by atoms with Gasteiger partial charge in [-0.25, -0.2) is 12.8 Å². The molecular formula is C28H23FN2O3S2. The van der Waals surface area contributed by atoms with Gasteiger partial charge in [0, 0.05) is 21.4 Å². The van der Waals surface area contributed by atoms with Crippen molar-refractivity contribution in [2.75, 3.05) is 9.62 Å². The number of hydrogen-bond acceptors (Lipinski definition) is 4. The predicted molar refractivity (Wildman–Crippen MR) is 141 cm³/mol. The highest BCUT2D eigenvalue weighted by atomic mass is 32.2. The summed E-state index contributed by atoms with van der Waals surface area (Å²) >= 11 is 1.56. The van der Waals surface area contributed by atoms with Gasteiger partial charge in [0.25, 0.3) is 15.9 Å². The Balaban J connectivity index is 1.39. The Kier molecular flexibility index (Phi) is 6.55. The van der Waals surface area contributed by atoms with Crippen LogP contribution in [0.15, 0.2) is 112 Å². The molecule has 1 aliphatic heterocycles. The van der Waals surface area contributed by atoms with Crippen molar-refractivity contribution in [3.8, 4) is 0 Å². The van der Waals surface area contributed by atoms with Crippen LogP contribution in [0, 0.1) is 5.82 Å². The monoisotopic (exact) mass is 518 g/mol. The molecule has 1 amide bonds. The molecule has 4 aromatic carbocycles. The standard InChI is InChI=1S/C28H23FN2O3S2/c1-19-17-21-18-20(11-16-26(21)31(19)36(33,34)24-14-12-22(29)13-15-24)28(32)30-25-9-5-6-10-27(25)35-23-7-3-2-4-8-23/h2-16,18-19H,17H2,1H3,(H,30,32)/t19-/m0/s1.